The molecule has 0 saturated carbocycles. The van der Waals surface area contributed by atoms with E-state index in [0.29, 0.717) is 24.0 Å². The average Bonchev–Trinajstić information content (AvgIpc) is 3.48. The number of amides is 1. The normalized spacial score (nSPS) is 15.5. The molecule has 31 heavy (non-hydrogen) atoms. The van der Waals surface area contributed by atoms with Gasteiger partial charge in [-0.1, -0.05) is 34.1 Å². The highest BCUT2D eigenvalue weighted by atomic mass is 79.9. The van der Waals surface area contributed by atoms with Crippen molar-refractivity contribution in [2.24, 2.45) is 5.10 Å². The fourth-order valence-corrected chi connectivity index (χ4v) is 4.56. The number of hydrazone groups is 1. The van der Waals surface area contributed by atoms with E-state index in [0.717, 1.165) is 26.4 Å². The number of thiophene rings is 1. The van der Waals surface area contributed by atoms with Gasteiger partial charge in [-0.3, -0.25) is 9.59 Å². The van der Waals surface area contributed by atoms with Crippen LogP contribution >= 0.6 is 27.3 Å². The SMILES string of the molecule is COc1cccc(C2=NN(C(=O)COc3ccc(Br)cc3C=O)C(c3cccs3)C2)c1. The molecule has 0 spiro atoms. The predicted octanol–water partition coefficient (Wildman–Crippen LogP) is 5.09. The molecule has 1 amide bonds. The third-order valence-corrected chi connectivity index (χ3v) is 6.36. The molecule has 8 heteroatoms. The van der Waals surface area contributed by atoms with Crippen LogP contribution in [0.15, 0.2) is 69.6 Å². The number of aldehydes is 1. The Labute approximate surface area is 192 Å². The molecule has 158 valence electrons. The molecule has 1 unspecified atom stereocenters. The van der Waals surface area contributed by atoms with E-state index >= 15 is 0 Å². The fourth-order valence-electron chi connectivity index (χ4n) is 3.37. The summed E-state index contributed by atoms with van der Waals surface area (Å²) in [5, 5.41) is 8.10. The summed E-state index contributed by atoms with van der Waals surface area (Å²) in [6.07, 6.45) is 1.30. The first-order valence-corrected chi connectivity index (χ1v) is 11.2. The maximum absolute atomic E-state index is 13.1. The quantitative estimate of drug-likeness (QED) is 0.425. The zero-order valence-corrected chi connectivity index (χ0v) is 19.1. The number of halogens is 1. The first kappa shape index (κ1) is 21.3. The van der Waals surface area contributed by atoms with Crippen LogP contribution < -0.4 is 9.47 Å². The van der Waals surface area contributed by atoms with Crippen LogP contribution in [0.2, 0.25) is 0 Å². The number of carbonyl (C=O) groups is 2. The molecule has 0 fully saturated rings. The van der Waals surface area contributed by atoms with Crippen molar-refractivity contribution in [2.45, 2.75) is 12.5 Å². The Morgan fingerprint density at radius 3 is 2.87 bits per heavy atom. The number of nitrogens with zero attached hydrogens (tertiary/aromatic N) is 2. The minimum absolute atomic E-state index is 0.201. The highest BCUT2D eigenvalue weighted by Crippen LogP contribution is 2.35. The monoisotopic (exact) mass is 498 g/mol. The van der Waals surface area contributed by atoms with Crippen molar-refractivity contribution < 1.29 is 19.1 Å². The van der Waals surface area contributed by atoms with Crippen LogP contribution in [0, 0.1) is 0 Å². The van der Waals surface area contributed by atoms with Crippen molar-refractivity contribution in [1.82, 2.24) is 5.01 Å². The molecule has 0 saturated heterocycles. The Morgan fingerprint density at radius 1 is 1.26 bits per heavy atom. The number of rotatable bonds is 7. The molecule has 1 atom stereocenters. The third-order valence-electron chi connectivity index (χ3n) is 4.89. The fraction of sp³-hybridized carbons (Fsp3) is 0.174. The Kier molecular flexibility index (Phi) is 6.48. The topological polar surface area (TPSA) is 68.2 Å². The maximum atomic E-state index is 13.1. The van der Waals surface area contributed by atoms with E-state index in [1.165, 1.54) is 5.01 Å². The lowest BCUT2D eigenvalue weighted by atomic mass is 10.0. The van der Waals surface area contributed by atoms with E-state index < -0.39 is 0 Å². The van der Waals surface area contributed by atoms with E-state index in [9.17, 15) is 9.59 Å². The summed E-state index contributed by atoms with van der Waals surface area (Å²) in [7, 11) is 1.62. The van der Waals surface area contributed by atoms with Gasteiger partial charge in [0.2, 0.25) is 0 Å². The summed E-state index contributed by atoms with van der Waals surface area (Å²) in [6, 6.07) is 16.5. The number of benzene rings is 2. The van der Waals surface area contributed by atoms with Crippen molar-refractivity contribution in [3.8, 4) is 11.5 Å². The number of carbonyl (C=O) groups excluding carboxylic acids is 2. The first-order valence-electron chi connectivity index (χ1n) is 9.54. The van der Waals surface area contributed by atoms with Crippen LogP contribution in [0.4, 0.5) is 0 Å². The lowest BCUT2D eigenvalue weighted by molar-refractivity contribution is -0.135. The van der Waals surface area contributed by atoms with Crippen LogP contribution in [0.5, 0.6) is 11.5 Å². The molecule has 0 bridgehead atoms. The molecule has 2 aromatic carbocycles. The van der Waals surface area contributed by atoms with E-state index in [1.54, 1.807) is 36.6 Å². The Hall–Kier alpha value is -2.97. The van der Waals surface area contributed by atoms with Gasteiger partial charge in [0.1, 0.15) is 11.5 Å². The van der Waals surface area contributed by atoms with E-state index in [1.807, 2.05) is 41.8 Å². The molecular formula is C23H19BrN2O4S. The zero-order valence-electron chi connectivity index (χ0n) is 16.7. The molecule has 1 aromatic heterocycles. The Morgan fingerprint density at radius 2 is 2.13 bits per heavy atom. The second-order valence-corrected chi connectivity index (χ2v) is 8.74. The summed E-state index contributed by atoms with van der Waals surface area (Å²) in [5.41, 5.74) is 2.09. The zero-order chi connectivity index (χ0) is 21.8. The van der Waals surface area contributed by atoms with Crippen molar-refractivity contribution in [2.75, 3.05) is 13.7 Å². The highest BCUT2D eigenvalue weighted by Gasteiger charge is 2.34. The van der Waals surface area contributed by atoms with Crippen molar-refractivity contribution in [3.05, 3.63) is 80.5 Å². The van der Waals surface area contributed by atoms with Crippen LogP contribution in [0.25, 0.3) is 0 Å². The van der Waals surface area contributed by atoms with Crippen molar-refractivity contribution in [1.29, 1.82) is 0 Å². The van der Waals surface area contributed by atoms with Crippen LogP contribution in [-0.4, -0.2) is 36.6 Å². The van der Waals surface area contributed by atoms with Crippen molar-refractivity contribution >= 4 is 45.2 Å². The van der Waals surface area contributed by atoms with Gasteiger partial charge in [0.05, 0.1) is 24.4 Å². The van der Waals surface area contributed by atoms with Crippen molar-refractivity contribution in [3.63, 3.8) is 0 Å². The molecule has 0 aliphatic carbocycles. The minimum atomic E-state index is -0.281. The summed E-state index contributed by atoms with van der Waals surface area (Å²) in [5.74, 6) is 0.809. The summed E-state index contributed by atoms with van der Waals surface area (Å²) in [4.78, 5) is 25.4. The van der Waals surface area contributed by atoms with Gasteiger partial charge in [0, 0.05) is 21.3 Å². The van der Waals surface area contributed by atoms with Gasteiger partial charge in [-0.25, -0.2) is 5.01 Å². The molecular weight excluding hydrogens is 480 g/mol. The lowest BCUT2D eigenvalue weighted by Gasteiger charge is -2.21. The molecule has 2 heterocycles. The second-order valence-electron chi connectivity index (χ2n) is 6.84. The van der Waals surface area contributed by atoms with Gasteiger partial charge in [-0.05, 0) is 41.8 Å². The molecule has 4 rings (SSSR count). The van der Waals surface area contributed by atoms with Gasteiger partial charge in [0.25, 0.3) is 5.91 Å². The number of hydrogen-bond donors (Lipinski definition) is 0. The van der Waals surface area contributed by atoms with Crippen LogP contribution in [0.3, 0.4) is 0 Å². The first-order chi connectivity index (χ1) is 15.1. The van der Waals surface area contributed by atoms with Crippen LogP contribution in [-0.2, 0) is 4.79 Å². The largest absolute Gasteiger partial charge is 0.497 e. The molecule has 3 aromatic rings. The molecule has 0 N–H and O–H groups in total. The molecule has 1 aliphatic rings. The van der Waals surface area contributed by atoms with Gasteiger partial charge >= 0.3 is 0 Å². The smallest absolute Gasteiger partial charge is 0.281 e. The standard InChI is InChI=1S/C23H19BrN2O4S/c1-29-18-5-2-4-15(11-18)19-12-20(22-6-3-9-31-22)26(25-19)23(28)14-30-21-8-7-17(24)10-16(21)13-27/h2-11,13,20H,12,14H2,1H3. The van der Waals surface area contributed by atoms with E-state index in [-0.39, 0.29) is 18.6 Å². The van der Waals surface area contributed by atoms with Gasteiger partial charge in [0.15, 0.2) is 12.9 Å². The molecule has 1 aliphatic heterocycles. The average molecular weight is 499 g/mol. The summed E-state index contributed by atoms with van der Waals surface area (Å²) in [6.45, 7) is -0.223. The highest BCUT2D eigenvalue weighted by molar-refractivity contribution is 9.10. The van der Waals surface area contributed by atoms with Crippen LogP contribution in [0.1, 0.15) is 33.3 Å². The predicted molar refractivity (Wildman–Crippen MR) is 123 cm³/mol. The summed E-state index contributed by atoms with van der Waals surface area (Å²) < 4.78 is 11.8. The lowest BCUT2D eigenvalue weighted by Crippen LogP contribution is -2.31. The Bertz CT molecular complexity index is 1130. The number of ether oxygens (including phenoxy) is 2. The van der Waals surface area contributed by atoms with Gasteiger partial charge in [-0.2, -0.15) is 5.10 Å². The number of methoxy groups -OCH3 is 1. The third kappa shape index (κ3) is 4.70. The summed E-state index contributed by atoms with van der Waals surface area (Å²) >= 11 is 4.91. The van der Waals surface area contributed by atoms with Gasteiger partial charge < -0.3 is 9.47 Å². The number of hydrogen-bond acceptors (Lipinski definition) is 6. The van der Waals surface area contributed by atoms with Gasteiger partial charge in [-0.15, -0.1) is 11.3 Å². The Balaban J connectivity index is 1.57. The minimum Gasteiger partial charge on any atom is -0.497 e. The molecule has 0 radical (unpaired) electrons. The van der Waals surface area contributed by atoms with E-state index in [2.05, 4.69) is 21.0 Å². The van der Waals surface area contributed by atoms with E-state index in [4.69, 9.17) is 9.47 Å². The molecule has 6 nitrogen and oxygen atoms in total. The maximum Gasteiger partial charge on any atom is 0.281 e. The second kappa shape index (κ2) is 9.45.